The number of amides is 1. The minimum atomic E-state index is -1.10. The predicted molar refractivity (Wildman–Crippen MR) is 71.2 cm³/mol. The van der Waals surface area contributed by atoms with Crippen molar-refractivity contribution in [2.75, 3.05) is 6.54 Å². The van der Waals surface area contributed by atoms with Gasteiger partial charge in [-0.05, 0) is 18.8 Å². The number of nitrogens with zero attached hydrogens (tertiary/aromatic N) is 3. The summed E-state index contributed by atoms with van der Waals surface area (Å²) in [5.74, 6) is -0.512. The van der Waals surface area contributed by atoms with Gasteiger partial charge in [0, 0.05) is 13.0 Å². The van der Waals surface area contributed by atoms with Crippen LogP contribution in [0.15, 0.2) is 6.20 Å². The van der Waals surface area contributed by atoms with Crippen LogP contribution in [-0.4, -0.2) is 38.5 Å². The lowest BCUT2D eigenvalue weighted by molar-refractivity contribution is -0.122. The van der Waals surface area contributed by atoms with Gasteiger partial charge in [0.2, 0.25) is 5.91 Å². The first kappa shape index (κ1) is 14.5. The Morgan fingerprint density at radius 3 is 2.75 bits per heavy atom. The Bertz CT molecular complexity index is 466. The van der Waals surface area contributed by atoms with Gasteiger partial charge in [0.1, 0.15) is 0 Å². The highest BCUT2D eigenvalue weighted by atomic mass is 16.4. The molecule has 1 heterocycles. The monoisotopic (exact) mass is 280 g/mol. The van der Waals surface area contributed by atoms with Crippen molar-refractivity contribution < 1.29 is 14.7 Å². The van der Waals surface area contributed by atoms with Crippen LogP contribution in [0, 0.1) is 5.92 Å². The lowest BCUT2D eigenvalue weighted by Crippen LogP contribution is -2.29. The maximum atomic E-state index is 11.8. The normalized spacial score (nSPS) is 16.0. The second-order valence-electron chi connectivity index (χ2n) is 5.23. The Labute approximate surface area is 117 Å². The molecule has 1 fully saturated rings. The highest BCUT2D eigenvalue weighted by Gasteiger charge is 2.16. The number of rotatable bonds is 6. The van der Waals surface area contributed by atoms with Crippen molar-refractivity contribution in [1.29, 1.82) is 0 Å². The maximum Gasteiger partial charge on any atom is 0.358 e. The average Bonchev–Trinajstić information content (AvgIpc) is 2.89. The largest absolute Gasteiger partial charge is 0.476 e. The molecule has 2 rings (SSSR count). The van der Waals surface area contributed by atoms with E-state index >= 15 is 0 Å². The molecule has 20 heavy (non-hydrogen) atoms. The van der Waals surface area contributed by atoms with Gasteiger partial charge in [0.05, 0.1) is 12.7 Å². The third-order valence-corrected chi connectivity index (χ3v) is 3.62. The van der Waals surface area contributed by atoms with Gasteiger partial charge in [-0.15, -0.1) is 5.10 Å². The molecule has 0 spiro atoms. The zero-order chi connectivity index (χ0) is 14.4. The van der Waals surface area contributed by atoms with E-state index in [1.807, 2.05) is 0 Å². The van der Waals surface area contributed by atoms with Crippen molar-refractivity contribution in [1.82, 2.24) is 20.3 Å². The molecule has 7 heteroatoms. The minimum Gasteiger partial charge on any atom is -0.476 e. The summed E-state index contributed by atoms with van der Waals surface area (Å²) in [7, 11) is 0. The highest BCUT2D eigenvalue weighted by molar-refractivity contribution is 5.84. The fraction of sp³-hybridized carbons (Fsp3) is 0.692. The quantitative estimate of drug-likeness (QED) is 0.812. The van der Waals surface area contributed by atoms with Crippen molar-refractivity contribution in [3.05, 3.63) is 11.9 Å². The van der Waals surface area contributed by atoms with E-state index in [-0.39, 0.29) is 11.6 Å². The molecular formula is C13H20N4O3. The van der Waals surface area contributed by atoms with Gasteiger partial charge < -0.3 is 10.4 Å². The summed E-state index contributed by atoms with van der Waals surface area (Å²) < 4.78 is 1.42. The topological polar surface area (TPSA) is 97.1 Å². The number of nitrogens with one attached hydrogen (secondary N) is 1. The van der Waals surface area contributed by atoms with Crippen LogP contribution in [0.2, 0.25) is 0 Å². The maximum absolute atomic E-state index is 11.8. The summed E-state index contributed by atoms with van der Waals surface area (Å²) in [4.78, 5) is 22.4. The summed E-state index contributed by atoms with van der Waals surface area (Å²) in [5, 5.41) is 18.7. The fourth-order valence-electron chi connectivity index (χ4n) is 2.54. The van der Waals surface area contributed by atoms with Crippen LogP contribution >= 0.6 is 0 Å². The first-order valence-corrected chi connectivity index (χ1v) is 7.05. The van der Waals surface area contributed by atoms with Crippen LogP contribution in [0.4, 0.5) is 0 Å². The number of carbonyl (C=O) groups is 2. The molecule has 0 bridgehead atoms. The molecule has 2 N–H and O–H groups in total. The minimum absolute atomic E-state index is 0.0653. The van der Waals surface area contributed by atoms with E-state index in [0.29, 0.717) is 25.4 Å². The number of aromatic nitrogens is 3. The number of carboxylic acids is 1. The molecule has 0 aliphatic heterocycles. The molecule has 1 amide bonds. The molecule has 110 valence electrons. The van der Waals surface area contributed by atoms with E-state index in [9.17, 15) is 9.59 Å². The van der Waals surface area contributed by atoms with E-state index in [4.69, 9.17) is 5.11 Å². The lowest BCUT2D eigenvalue weighted by atomic mass is 9.87. The zero-order valence-corrected chi connectivity index (χ0v) is 11.4. The Balaban J connectivity index is 1.66. The van der Waals surface area contributed by atoms with Crippen LogP contribution in [-0.2, 0) is 11.3 Å². The van der Waals surface area contributed by atoms with Crippen molar-refractivity contribution in [3.63, 3.8) is 0 Å². The van der Waals surface area contributed by atoms with E-state index in [1.54, 1.807) is 0 Å². The Morgan fingerprint density at radius 1 is 1.35 bits per heavy atom. The standard InChI is InChI=1S/C13H20N4O3/c18-12(8-10-4-2-1-3-5-10)14-6-7-17-9-11(13(19)20)15-16-17/h9-10H,1-8H2,(H,14,18)(H,19,20). The van der Waals surface area contributed by atoms with Gasteiger partial charge in [0.25, 0.3) is 0 Å². The number of hydrogen-bond acceptors (Lipinski definition) is 4. The predicted octanol–water partition coefficient (Wildman–Crippen LogP) is 1.06. The van der Waals surface area contributed by atoms with Gasteiger partial charge >= 0.3 is 5.97 Å². The summed E-state index contributed by atoms with van der Waals surface area (Å²) in [6.07, 6.45) is 8.00. The van der Waals surface area contributed by atoms with Crippen molar-refractivity contribution >= 4 is 11.9 Å². The summed E-state index contributed by atoms with van der Waals surface area (Å²) in [5.41, 5.74) is -0.0847. The third kappa shape index (κ3) is 4.32. The van der Waals surface area contributed by atoms with Crippen molar-refractivity contribution in [2.24, 2.45) is 5.92 Å². The average molecular weight is 280 g/mol. The second kappa shape index (κ2) is 7.02. The number of hydrogen-bond donors (Lipinski definition) is 2. The second-order valence-corrected chi connectivity index (χ2v) is 5.23. The summed E-state index contributed by atoms with van der Waals surface area (Å²) >= 11 is 0. The van der Waals surface area contributed by atoms with Crippen molar-refractivity contribution in [3.8, 4) is 0 Å². The van der Waals surface area contributed by atoms with Gasteiger partial charge in [-0.1, -0.05) is 24.5 Å². The highest BCUT2D eigenvalue weighted by Crippen LogP contribution is 2.25. The number of carbonyl (C=O) groups excluding carboxylic acids is 1. The van der Waals surface area contributed by atoms with E-state index in [2.05, 4.69) is 15.6 Å². The first-order valence-electron chi connectivity index (χ1n) is 7.05. The molecule has 0 radical (unpaired) electrons. The van der Waals surface area contributed by atoms with Crippen LogP contribution < -0.4 is 5.32 Å². The molecule has 1 aromatic heterocycles. The summed E-state index contributed by atoms with van der Waals surface area (Å²) in [6, 6.07) is 0. The van der Waals surface area contributed by atoms with E-state index in [1.165, 1.54) is 30.1 Å². The van der Waals surface area contributed by atoms with Crippen LogP contribution in [0.3, 0.4) is 0 Å². The molecule has 1 aromatic rings. The zero-order valence-electron chi connectivity index (χ0n) is 11.4. The fourth-order valence-corrected chi connectivity index (χ4v) is 2.54. The number of aromatic carboxylic acids is 1. The smallest absolute Gasteiger partial charge is 0.358 e. The first-order chi connectivity index (χ1) is 9.65. The van der Waals surface area contributed by atoms with E-state index in [0.717, 1.165) is 12.8 Å². The SMILES string of the molecule is O=C(CC1CCCCC1)NCCn1cc(C(=O)O)nn1. The van der Waals surface area contributed by atoms with Crippen LogP contribution in [0.1, 0.15) is 49.0 Å². The molecule has 1 aliphatic carbocycles. The van der Waals surface area contributed by atoms with Crippen molar-refractivity contribution in [2.45, 2.75) is 45.1 Å². The molecule has 7 nitrogen and oxygen atoms in total. The Kier molecular flexibility index (Phi) is 5.09. The molecule has 0 unspecified atom stereocenters. The Hall–Kier alpha value is -1.92. The van der Waals surface area contributed by atoms with Gasteiger partial charge in [-0.2, -0.15) is 0 Å². The molecule has 1 aliphatic rings. The molecule has 0 saturated heterocycles. The van der Waals surface area contributed by atoms with Crippen LogP contribution in [0.25, 0.3) is 0 Å². The Morgan fingerprint density at radius 2 is 2.10 bits per heavy atom. The third-order valence-electron chi connectivity index (χ3n) is 3.62. The van der Waals surface area contributed by atoms with Gasteiger partial charge in [-0.25, -0.2) is 9.48 Å². The molecule has 1 saturated carbocycles. The van der Waals surface area contributed by atoms with Crippen LogP contribution in [0.5, 0.6) is 0 Å². The van der Waals surface area contributed by atoms with E-state index < -0.39 is 5.97 Å². The van der Waals surface area contributed by atoms with Gasteiger partial charge in [0.15, 0.2) is 5.69 Å². The van der Waals surface area contributed by atoms with Gasteiger partial charge in [-0.3, -0.25) is 4.79 Å². The number of carboxylic acid groups (broad SMARTS) is 1. The molecule has 0 aromatic carbocycles. The lowest BCUT2D eigenvalue weighted by Gasteiger charge is -2.20. The molecular weight excluding hydrogens is 260 g/mol. The summed E-state index contributed by atoms with van der Waals surface area (Å²) in [6.45, 7) is 0.866. The molecule has 0 atom stereocenters.